The van der Waals surface area contributed by atoms with Crippen molar-refractivity contribution in [2.75, 3.05) is 23.5 Å². The van der Waals surface area contributed by atoms with Crippen molar-refractivity contribution in [1.82, 2.24) is 10.3 Å². The van der Waals surface area contributed by atoms with Gasteiger partial charge in [0.25, 0.3) is 5.91 Å². The van der Waals surface area contributed by atoms with E-state index in [4.69, 9.17) is 27.9 Å². The average Bonchev–Trinajstić information content (AvgIpc) is 2.75. The van der Waals surface area contributed by atoms with Gasteiger partial charge < -0.3 is 15.4 Å². The maximum Gasteiger partial charge on any atom is 0.266 e. The Labute approximate surface area is 196 Å². The minimum atomic E-state index is -0.262. The van der Waals surface area contributed by atoms with Crippen LogP contribution in [0.1, 0.15) is 35.3 Å². The second kappa shape index (κ2) is 7.96. The molecule has 0 atom stereocenters. The summed E-state index contributed by atoms with van der Waals surface area (Å²) in [5, 5.41) is 7.56. The summed E-state index contributed by atoms with van der Waals surface area (Å²) in [6.45, 7) is 6.29. The van der Waals surface area contributed by atoms with Gasteiger partial charge in [0, 0.05) is 36.5 Å². The quantitative estimate of drug-likeness (QED) is 0.530. The summed E-state index contributed by atoms with van der Waals surface area (Å²) in [5.41, 5.74) is 4.44. The molecule has 2 aliphatic rings. The monoisotopic (exact) mass is 468 g/mol. The Balaban J connectivity index is 1.40. The van der Waals surface area contributed by atoms with E-state index in [0.717, 1.165) is 18.8 Å². The SMILES string of the molecule is CC1(C)CNCc2cc(Nc3cc4c(cn3)C(=O)N(c3c(Cl)cccc3Cl)CO4)ccc21. The maximum atomic E-state index is 13.1. The van der Waals surface area contributed by atoms with E-state index in [1.54, 1.807) is 24.3 Å². The number of nitrogens with one attached hydrogen (secondary N) is 2. The molecule has 0 fully saturated rings. The number of pyridine rings is 1. The van der Waals surface area contributed by atoms with Gasteiger partial charge in [0.2, 0.25) is 0 Å². The Morgan fingerprint density at radius 3 is 2.72 bits per heavy atom. The van der Waals surface area contributed by atoms with E-state index in [1.807, 2.05) is 0 Å². The number of halogens is 2. The van der Waals surface area contributed by atoms with Gasteiger partial charge in [-0.05, 0) is 35.4 Å². The number of anilines is 3. The highest BCUT2D eigenvalue weighted by molar-refractivity contribution is 6.40. The Hall–Kier alpha value is -2.80. The molecule has 2 aliphatic heterocycles. The first kappa shape index (κ1) is 21.1. The topological polar surface area (TPSA) is 66.5 Å². The minimum Gasteiger partial charge on any atom is -0.472 e. The third-order valence-corrected chi connectivity index (χ3v) is 6.50. The lowest BCUT2D eigenvalue weighted by Gasteiger charge is -2.33. The molecule has 164 valence electrons. The highest BCUT2D eigenvalue weighted by Gasteiger charge is 2.31. The molecule has 3 aromatic rings. The highest BCUT2D eigenvalue weighted by Crippen LogP contribution is 2.38. The van der Waals surface area contributed by atoms with Crippen molar-refractivity contribution in [1.29, 1.82) is 0 Å². The molecule has 1 amide bonds. The van der Waals surface area contributed by atoms with E-state index in [2.05, 4.69) is 47.7 Å². The van der Waals surface area contributed by atoms with Crippen LogP contribution in [0.15, 0.2) is 48.7 Å². The van der Waals surface area contributed by atoms with E-state index >= 15 is 0 Å². The highest BCUT2D eigenvalue weighted by atomic mass is 35.5. The molecule has 0 bridgehead atoms. The number of benzene rings is 2. The fraction of sp³-hybridized carbons (Fsp3) is 0.250. The van der Waals surface area contributed by atoms with Crippen LogP contribution in [-0.4, -0.2) is 24.2 Å². The summed E-state index contributed by atoms with van der Waals surface area (Å²) in [4.78, 5) is 18.9. The summed E-state index contributed by atoms with van der Waals surface area (Å²) < 4.78 is 5.86. The van der Waals surface area contributed by atoms with Crippen molar-refractivity contribution < 1.29 is 9.53 Å². The summed E-state index contributed by atoms with van der Waals surface area (Å²) >= 11 is 12.5. The Bertz CT molecular complexity index is 1210. The number of ether oxygens (including phenoxy) is 1. The van der Waals surface area contributed by atoms with Crippen molar-refractivity contribution in [2.45, 2.75) is 25.8 Å². The largest absolute Gasteiger partial charge is 0.472 e. The number of para-hydroxylation sites is 1. The molecule has 5 rings (SSSR count). The number of carbonyl (C=O) groups is 1. The van der Waals surface area contributed by atoms with Crippen LogP contribution in [0.5, 0.6) is 5.75 Å². The molecule has 1 aromatic heterocycles. The van der Waals surface area contributed by atoms with Crippen LogP contribution < -0.4 is 20.3 Å². The number of hydrogen-bond donors (Lipinski definition) is 2. The van der Waals surface area contributed by atoms with E-state index in [9.17, 15) is 4.79 Å². The molecule has 0 radical (unpaired) electrons. The Morgan fingerprint density at radius 2 is 1.94 bits per heavy atom. The zero-order valence-corrected chi connectivity index (χ0v) is 19.2. The minimum absolute atomic E-state index is 0.0122. The van der Waals surface area contributed by atoms with Gasteiger partial charge in [-0.1, -0.05) is 49.2 Å². The molecule has 8 heteroatoms. The summed E-state index contributed by atoms with van der Waals surface area (Å²) in [6.07, 6.45) is 1.51. The van der Waals surface area contributed by atoms with Gasteiger partial charge in [0.15, 0.2) is 6.73 Å². The molecule has 32 heavy (non-hydrogen) atoms. The molecule has 2 N–H and O–H groups in total. The van der Waals surface area contributed by atoms with Crippen molar-refractivity contribution in [2.24, 2.45) is 0 Å². The zero-order valence-electron chi connectivity index (χ0n) is 17.7. The summed E-state index contributed by atoms with van der Waals surface area (Å²) in [7, 11) is 0. The summed E-state index contributed by atoms with van der Waals surface area (Å²) in [5.74, 6) is 0.804. The smallest absolute Gasteiger partial charge is 0.266 e. The lowest BCUT2D eigenvalue weighted by Crippen LogP contribution is -2.39. The van der Waals surface area contributed by atoms with Crippen LogP contribution in [-0.2, 0) is 12.0 Å². The predicted octanol–water partition coefficient (Wildman–Crippen LogP) is 5.51. The first-order valence-electron chi connectivity index (χ1n) is 10.3. The van der Waals surface area contributed by atoms with E-state index in [0.29, 0.717) is 32.9 Å². The first-order valence-corrected chi connectivity index (χ1v) is 11.1. The molecule has 0 saturated heterocycles. The molecule has 0 unspecified atom stereocenters. The molecule has 3 heterocycles. The van der Waals surface area contributed by atoms with Gasteiger partial charge in [-0.3, -0.25) is 9.69 Å². The van der Waals surface area contributed by atoms with Crippen molar-refractivity contribution in [3.63, 3.8) is 0 Å². The standard InChI is InChI=1S/C24H22Cl2N4O2/c1-24(2)12-27-10-14-8-15(6-7-17(14)24)29-21-9-20-16(11-28-21)23(31)30(13-32-20)22-18(25)4-3-5-19(22)26/h3-9,11,27H,10,12-13H2,1-2H3,(H,28,29). The van der Waals surface area contributed by atoms with Gasteiger partial charge in [-0.25, -0.2) is 4.98 Å². The fourth-order valence-corrected chi connectivity index (χ4v) is 4.87. The van der Waals surface area contributed by atoms with Gasteiger partial charge in [0.05, 0.1) is 15.7 Å². The third kappa shape index (κ3) is 3.68. The maximum absolute atomic E-state index is 13.1. The first-order chi connectivity index (χ1) is 15.3. The fourth-order valence-electron chi connectivity index (χ4n) is 4.27. The lowest BCUT2D eigenvalue weighted by molar-refractivity contribution is 0.0936. The van der Waals surface area contributed by atoms with E-state index < -0.39 is 0 Å². The number of nitrogens with zero attached hydrogens (tertiary/aromatic N) is 2. The van der Waals surface area contributed by atoms with Crippen molar-refractivity contribution in [3.8, 4) is 5.75 Å². The second-order valence-electron chi connectivity index (χ2n) is 8.63. The van der Waals surface area contributed by atoms with Crippen molar-refractivity contribution in [3.05, 3.63) is 75.4 Å². The van der Waals surface area contributed by atoms with Gasteiger partial charge >= 0.3 is 0 Å². The zero-order chi connectivity index (χ0) is 22.5. The molecule has 6 nitrogen and oxygen atoms in total. The number of hydrogen-bond acceptors (Lipinski definition) is 5. The summed E-state index contributed by atoms with van der Waals surface area (Å²) in [6, 6.07) is 13.2. The van der Waals surface area contributed by atoms with Crippen LogP contribution >= 0.6 is 23.2 Å². The normalized spacial score (nSPS) is 16.8. The third-order valence-electron chi connectivity index (χ3n) is 5.89. The number of aromatic nitrogens is 1. The van der Waals surface area contributed by atoms with Gasteiger partial charge in [-0.2, -0.15) is 0 Å². The molecular formula is C24H22Cl2N4O2. The van der Waals surface area contributed by atoms with Gasteiger partial charge in [0.1, 0.15) is 17.1 Å². The lowest BCUT2D eigenvalue weighted by atomic mass is 9.79. The number of amides is 1. The van der Waals surface area contributed by atoms with Crippen LogP contribution in [0.4, 0.5) is 17.2 Å². The molecule has 0 aliphatic carbocycles. The van der Waals surface area contributed by atoms with Crippen LogP contribution in [0.3, 0.4) is 0 Å². The van der Waals surface area contributed by atoms with Crippen molar-refractivity contribution >= 4 is 46.3 Å². The van der Waals surface area contributed by atoms with Crippen LogP contribution in [0.25, 0.3) is 0 Å². The van der Waals surface area contributed by atoms with E-state index in [1.165, 1.54) is 22.2 Å². The Morgan fingerprint density at radius 1 is 1.16 bits per heavy atom. The molecule has 0 spiro atoms. The van der Waals surface area contributed by atoms with Gasteiger partial charge in [-0.15, -0.1) is 0 Å². The molecule has 0 saturated carbocycles. The Kier molecular flexibility index (Phi) is 5.24. The van der Waals surface area contributed by atoms with Crippen LogP contribution in [0.2, 0.25) is 10.0 Å². The van der Waals surface area contributed by atoms with Crippen LogP contribution in [0, 0.1) is 0 Å². The average molecular weight is 469 g/mol. The molecule has 2 aromatic carbocycles. The predicted molar refractivity (Wildman–Crippen MR) is 127 cm³/mol. The molecular weight excluding hydrogens is 447 g/mol. The number of fused-ring (bicyclic) bond motifs is 2. The number of rotatable bonds is 3. The van der Waals surface area contributed by atoms with E-state index in [-0.39, 0.29) is 18.1 Å². The second-order valence-corrected chi connectivity index (χ2v) is 9.44. The number of carbonyl (C=O) groups excluding carboxylic acids is 1.